The van der Waals surface area contributed by atoms with Gasteiger partial charge < -0.3 is 14.8 Å². The van der Waals surface area contributed by atoms with Crippen molar-refractivity contribution in [2.45, 2.75) is 25.1 Å². The van der Waals surface area contributed by atoms with Crippen LogP contribution in [0.2, 0.25) is 0 Å². The van der Waals surface area contributed by atoms with Gasteiger partial charge in [-0.25, -0.2) is 0 Å². The smallest absolute Gasteiger partial charge is 0.416 e. The largest absolute Gasteiger partial charge is 0.497 e. The second kappa shape index (κ2) is 8.73. The van der Waals surface area contributed by atoms with Crippen LogP contribution in [-0.4, -0.2) is 38.1 Å². The van der Waals surface area contributed by atoms with Crippen molar-refractivity contribution < 1.29 is 27.4 Å². The molecule has 1 fully saturated rings. The lowest BCUT2D eigenvalue weighted by atomic mass is 10.0. The SMILES string of the molecule is COc1ccc(OC)c([C@@H]2CCCN2CC(=O)Nc2ccc(C(F)(F)F)cc2)c1. The number of amides is 1. The average molecular weight is 408 g/mol. The predicted molar refractivity (Wildman–Crippen MR) is 103 cm³/mol. The number of anilines is 1. The van der Waals surface area contributed by atoms with Gasteiger partial charge in [0.15, 0.2) is 0 Å². The Morgan fingerprint density at radius 1 is 1.14 bits per heavy atom. The van der Waals surface area contributed by atoms with E-state index in [9.17, 15) is 18.0 Å². The van der Waals surface area contributed by atoms with Gasteiger partial charge in [-0.05, 0) is 61.9 Å². The van der Waals surface area contributed by atoms with E-state index in [-0.39, 0.29) is 18.5 Å². The molecule has 0 spiro atoms. The summed E-state index contributed by atoms with van der Waals surface area (Å²) >= 11 is 0. The van der Waals surface area contributed by atoms with Crippen molar-refractivity contribution in [3.05, 3.63) is 53.6 Å². The minimum atomic E-state index is -4.40. The molecule has 0 saturated carbocycles. The van der Waals surface area contributed by atoms with Gasteiger partial charge in [0.25, 0.3) is 0 Å². The maximum Gasteiger partial charge on any atom is 0.416 e. The molecule has 2 aromatic rings. The Labute approximate surface area is 167 Å². The Hall–Kier alpha value is -2.74. The highest BCUT2D eigenvalue weighted by Gasteiger charge is 2.31. The van der Waals surface area contributed by atoms with E-state index in [1.54, 1.807) is 14.2 Å². The average Bonchev–Trinajstić information content (AvgIpc) is 3.14. The summed E-state index contributed by atoms with van der Waals surface area (Å²) in [6.45, 7) is 0.873. The van der Waals surface area contributed by atoms with E-state index in [4.69, 9.17) is 9.47 Å². The van der Waals surface area contributed by atoms with E-state index < -0.39 is 11.7 Å². The molecule has 0 aliphatic carbocycles. The Morgan fingerprint density at radius 3 is 2.48 bits per heavy atom. The van der Waals surface area contributed by atoms with Crippen molar-refractivity contribution in [3.8, 4) is 11.5 Å². The zero-order valence-corrected chi connectivity index (χ0v) is 16.3. The van der Waals surface area contributed by atoms with Gasteiger partial charge in [0, 0.05) is 17.3 Å². The maximum atomic E-state index is 12.7. The van der Waals surface area contributed by atoms with Crippen LogP contribution in [0.4, 0.5) is 18.9 Å². The van der Waals surface area contributed by atoms with Crippen LogP contribution < -0.4 is 14.8 Å². The van der Waals surface area contributed by atoms with Gasteiger partial charge in [-0.1, -0.05) is 0 Å². The number of nitrogens with zero attached hydrogens (tertiary/aromatic N) is 1. The second-order valence-electron chi connectivity index (χ2n) is 6.86. The lowest BCUT2D eigenvalue weighted by Gasteiger charge is -2.26. The molecule has 1 aliphatic rings. The number of alkyl halides is 3. The molecule has 0 radical (unpaired) electrons. The molecule has 1 atom stereocenters. The quantitative estimate of drug-likeness (QED) is 0.765. The zero-order valence-electron chi connectivity index (χ0n) is 16.3. The summed E-state index contributed by atoms with van der Waals surface area (Å²) in [4.78, 5) is 14.5. The molecule has 2 aromatic carbocycles. The number of hydrogen-bond donors (Lipinski definition) is 1. The summed E-state index contributed by atoms with van der Waals surface area (Å²) in [6, 6.07) is 9.99. The number of methoxy groups -OCH3 is 2. The number of halogens is 3. The standard InChI is InChI=1S/C21H23F3N2O3/c1-28-16-9-10-19(29-2)17(12-16)18-4-3-11-26(18)13-20(27)25-15-7-5-14(6-8-15)21(22,23)24/h5-10,12,18H,3-4,11,13H2,1-2H3,(H,25,27)/t18-/m0/s1. The Morgan fingerprint density at radius 2 is 1.86 bits per heavy atom. The summed E-state index contributed by atoms with van der Waals surface area (Å²) in [5, 5.41) is 2.67. The molecule has 5 nitrogen and oxygen atoms in total. The van der Waals surface area contributed by atoms with Crippen LogP contribution >= 0.6 is 0 Å². The normalized spacial score (nSPS) is 17.2. The monoisotopic (exact) mass is 408 g/mol. The molecule has 0 aromatic heterocycles. The van der Waals surface area contributed by atoms with E-state index in [1.807, 2.05) is 23.1 Å². The first-order chi connectivity index (χ1) is 13.8. The van der Waals surface area contributed by atoms with Crippen molar-refractivity contribution in [3.63, 3.8) is 0 Å². The molecule has 156 valence electrons. The number of carbonyl (C=O) groups excluding carboxylic acids is 1. The third-order valence-corrected chi connectivity index (χ3v) is 5.00. The van der Waals surface area contributed by atoms with E-state index in [0.29, 0.717) is 11.4 Å². The summed E-state index contributed by atoms with van der Waals surface area (Å²) < 4.78 is 48.8. The minimum absolute atomic E-state index is 0.00148. The number of likely N-dealkylation sites (tertiary alicyclic amines) is 1. The van der Waals surface area contributed by atoms with Crippen LogP contribution in [0.3, 0.4) is 0 Å². The van der Waals surface area contributed by atoms with Gasteiger partial charge in [-0.2, -0.15) is 13.2 Å². The number of ether oxygens (including phenoxy) is 2. The number of nitrogens with one attached hydrogen (secondary N) is 1. The van der Waals surface area contributed by atoms with Gasteiger partial charge >= 0.3 is 6.18 Å². The second-order valence-corrected chi connectivity index (χ2v) is 6.86. The molecule has 0 bridgehead atoms. The van der Waals surface area contributed by atoms with Gasteiger partial charge in [0.2, 0.25) is 5.91 Å². The number of hydrogen-bond acceptors (Lipinski definition) is 4. The molecule has 29 heavy (non-hydrogen) atoms. The van der Waals surface area contributed by atoms with E-state index >= 15 is 0 Å². The fourth-order valence-electron chi connectivity index (χ4n) is 3.59. The molecular formula is C21H23F3N2O3. The number of carbonyl (C=O) groups is 1. The van der Waals surface area contributed by atoms with Crippen LogP contribution in [-0.2, 0) is 11.0 Å². The van der Waals surface area contributed by atoms with Gasteiger partial charge in [-0.15, -0.1) is 0 Å². The van der Waals surface area contributed by atoms with Crippen LogP contribution in [0.1, 0.15) is 30.0 Å². The fraction of sp³-hybridized carbons (Fsp3) is 0.381. The molecule has 3 rings (SSSR count). The van der Waals surface area contributed by atoms with E-state index in [2.05, 4.69) is 5.32 Å². The molecule has 1 N–H and O–H groups in total. The minimum Gasteiger partial charge on any atom is -0.497 e. The first-order valence-corrected chi connectivity index (χ1v) is 9.25. The van der Waals surface area contributed by atoms with Gasteiger partial charge in [0.05, 0.1) is 26.3 Å². The third-order valence-electron chi connectivity index (χ3n) is 5.00. The highest BCUT2D eigenvalue weighted by Crippen LogP contribution is 2.38. The summed E-state index contributed by atoms with van der Waals surface area (Å²) in [5.41, 5.74) is 0.532. The van der Waals surface area contributed by atoms with Gasteiger partial charge in [-0.3, -0.25) is 9.69 Å². The van der Waals surface area contributed by atoms with Crippen LogP contribution in [0.25, 0.3) is 0 Å². The summed E-state index contributed by atoms with van der Waals surface area (Å²) in [6.07, 6.45) is -2.60. The molecule has 8 heteroatoms. The van der Waals surface area contributed by atoms with Crippen molar-refractivity contribution >= 4 is 11.6 Å². The zero-order chi connectivity index (χ0) is 21.0. The Kier molecular flexibility index (Phi) is 6.32. The molecule has 1 heterocycles. The van der Waals surface area contributed by atoms with Crippen LogP contribution in [0, 0.1) is 0 Å². The highest BCUT2D eigenvalue weighted by molar-refractivity contribution is 5.92. The van der Waals surface area contributed by atoms with Crippen molar-refractivity contribution in [1.82, 2.24) is 4.90 Å². The molecule has 1 aliphatic heterocycles. The van der Waals surface area contributed by atoms with Gasteiger partial charge in [0.1, 0.15) is 11.5 Å². The van der Waals surface area contributed by atoms with Crippen LogP contribution in [0.15, 0.2) is 42.5 Å². The summed E-state index contributed by atoms with van der Waals surface area (Å²) in [5.74, 6) is 1.16. The summed E-state index contributed by atoms with van der Waals surface area (Å²) in [7, 11) is 3.19. The predicted octanol–water partition coefficient (Wildman–Crippen LogP) is 4.50. The maximum absolute atomic E-state index is 12.7. The Balaban J connectivity index is 1.69. The fourth-order valence-corrected chi connectivity index (χ4v) is 3.59. The first-order valence-electron chi connectivity index (χ1n) is 9.25. The topological polar surface area (TPSA) is 50.8 Å². The third kappa shape index (κ3) is 5.00. The van der Waals surface area contributed by atoms with E-state index in [1.165, 1.54) is 12.1 Å². The molecular weight excluding hydrogens is 385 g/mol. The van der Waals surface area contributed by atoms with Crippen molar-refractivity contribution in [1.29, 1.82) is 0 Å². The lowest BCUT2D eigenvalue weighted by molar-refractivity contribution is -0.137. The number of rotatable bonds is 6. The van der Waals surface area contributed by atoms with Crippen molar-refractivity contribution in [2.75, 3.05) is 32.6 Å². The molecule has 0 unspecified atom stereocenters. The Bertz CT molecular complexity index is 853. The highest BCUT2D eigenvalue weighted by atomic mass is 19.4. The van der Waals surface area contributed by atoms with Crippen LogP contribution in [0.5, 0.6) is 11.5 Å². The molecule has 1 amide bonds. The molecule has 1 saturated heterocycles. The lowest BCUT2D eigenvalue weighted by Crippen LogP contribution is -2.33. The van der Waals surface area contributed by atoms with E-state index in [0.717, 1.165) is 42.8 Å². The first kappa shape index (κ1) is 21.0. The van der Waals surface area contributed by atoms with Crippen molar-refractivity contribution in [2.24, 2.45) is 0 Å². The number of benzene rings is 2.